The monoisotopic (exact) mass is 433 g/mol. The van der Waals surface area contributed by atoms with Crippen LogP contribution >= 0.6 is 23.4 Å². The Morgan fingerprint density at radius 3 is 2.43 bits per heavy atom. The minimum Gasteiger partial charge on any atom is -0.355 e. The highest BCUT2D eigenvalue weighted by molar-refractivity contribution is 8.00. The molecule has 28 heavy (non-hydrogen) atoms. The summed E-state index contributed by atoms with van der Waals surface area (Å²) in [5, 5.41) is 5.42. The first kappa shape index (κ1) is 20.7. The summed E-state index contributed by atoms with van der Waals surface area (Å²) in [6, 6.07) is 19.9. The van der Waals surface area contributed by atoms with Crippen LogP contribution in [0.2, 0.25) is 5.02 Å². The van der Waals surface area contributed by atoms with Crippen molar-refractivity contribution < 1.29 is 13.2 Å². The van der Waals surface area contributed by atoms with E-state index >= 15 is 0 Å². The summed E-state index contributed by atoms with van der Waals surface area (Å²) in [6.45, 7) is 0.321. The molecule has 3 rings (SSSR count). The van der Waals surface area contributed by atoms with Crippen LogP contribution in [0.5, 0.6) is 0 Å². The van der Waals surface area contributed by atoms with Crippen LogP contribution in [0, 0.1) is 0 Å². The second-order valence-corrected chi connectivity index (χ2v) is 9.75. The quantitative estimate of drug-likeness (QED) is 0.417. The van der Waals surface area contributed by atoms with Gasteiger partial charge in [0.25, 0.3) is 0 Å². The number of rotatable bonds is 8. The third-order valence-corrected chi connectivity index (χ3v) is 7.38. The van der Waals surface area contributed by atoms with Gasteiger partial charge in [-0.25, -0.2) is 8.42 Å². The summed E-state index contributed by atoms with van der Waals surface area (Å²) in [7, 11) is -3.31. The average molecular weight is 434 g/mol. The minimum absolute atomic E-state index is 0.00334. The van der Waals surface area contributed by atoms with E-state index in [1.165, 1.54) is 11.8 Å². The van der Waals surface area contributed by atoms with E-state index in [1.807, 2.05) is 36.4 Å². The molecule has 0 fully saturated rings. The van der Waals surface area contributed by atoms with Crippen molar-refractivity contribution >= 4 is 49.9 Å². The average Bonchev–Trinajstić information content (AvgIpc) is 2.70. The number of fused-ring (bicyclic) bond motifs is 1. The molecule has 0 aliphatic rings. The molecule has 0 bridgehead atoms. The summed E-state index contributed by atoms with van der Waals surface area (Å²) in [5.41, 5.74) is 0. The number of sulfone groups is 1. The second-order valence-electron chi connectivity index (χ2n) is 6.22. The highest BCUT2D eigenvalue weighted by Gasteiger charge is 2.13. The lowest BCUT2D eigenvalue weighted by molar-refractivity contribution is -0.118. The molecule has 146 valence electrons. The van der Waals surface area contributed by atoms with E-state index in [4.69, 9.17) is 11.6 Å². The van der Waals surface area contributed by atoms with E-state index in [-0.39, 0.29) is 17.4 Å². The van der Waals surface area contributed by atoms with Crippen molar-refractivity contribution in [3.05, 3.63) is 71.8 Å². The SMILES string of the molecule is O=C(CSc1cccc2cccc(Cl)c12)NCCCS(=O)(=O)c1ccccc1. The van der Waals surface area contributed by atoms with E-state index in [0.29, 0.717) is 22.9 Å². The van der Waals surface area contributed by atoms with Crippen LogP contribution in [0.25, 0.3) is 10.8 Å². The Bertz CT molecular complexity index is 1060. The van der Waals surface area contributed by atoms with Gasteiger partial charge >= 0.3 is 0 Å². The molecule has 0 aliphatic heterocycles. The van der Waals surface area contributed by atoms with Crippen LogP contribution in [0.4, 0.5) is 0 Å². The van der Waals surface area contributed by atoms with Crippen molar-refractivity contribution in [2.24, 2.45) is 0 Å². The van der Waals surface area contributed by atoms with Crippen molar-refractivity contribution in [2.45, 2.75) is 16.2 Å². The van der Waals surface area contributed by atoms with Crippen molar-refractivity contribution in [1.82, 2.24) is 5.32 Å². The third-order valence-electron chi connectivity index (χ3n) is 4.19. The number of carbonyl (C=O) groups is 1. The van der Waals surface area contributed by atoms with Crippen LogP contribution in [0.3, 0.4) is 0 Å². The first-order chi connectivity index (χ1) is 13.5. The van der Waals surface area contributed by atoms with Gasteiger partial charge in [-0.3, -0.25) is 4.79 Å². The van der Waals surface area contributed by atoms with Gasteiger partial charge in [-0.15, -0.1) is 11.8 Å². The van der Waals surface area contributed by atoms with Gasteiger partial charge < -0.3 is 5.32 Å². The lowest BCUT2D eigenvalue weighted by atomic mass is 10.1. The molecule has 0 aromatic heterocycles. The Morgan fingerprint density at radius 1 is 0.964 bits per heavy atom. The highest BCUT2D eigenvalue weighted by atomic mass is 35.5. The smallest absolute Gasteiger partial charge is 0.230 e. The predicted molar refractivity (Wildman–Crippen MR) is 116 cm³/mol. The maximum Gasteiger partial charge on any atom is 0.230 e. The molecule has 0 saturated heterocycles. The minimum atomic E-state index is -3.31. The number of carbonyl (C=O) groups excluding carboxylic acids is 1. The Hall–Kier alpha value is -2.02. The third kappa shape index (κ3) is 5.28. The van der Waals surface area contributed by atoms with Gasteiger partial charge in [0, 0.05) is 21.8 Å². The molecular weight excluding hydrogens is 414 g/mol. The van der Waals surface area contributed by atoms with Crippen LogP contribution in [0.15, 0.2) is 76.5 Å². The van der Waals surface area contributed by atoms with Gasteiger partial charge in [-0.1, -0.05) is 54.1 Å². The Morgan fingerprint density at radius 2 is 1.68 bits per heavy atom. The fourth-order valence-corrected chi connectivity index (χ4v) is 5.42. The molecule has 0 spiro atoms. The number of benzene rings is 3. The molecule has 4 nitrogen and oxygen atoms in total. The summed E-state index contributed by atoms with van der Waals surface area (Å²) >= 11 is 7.72. The number of amides is 1. The van der Waals surface area contributed by atoms with Crippen molar-refractivity contribution in [2.75, 3.05) is 18.1 Å². The Kier molecular flexibility index (Phi) is 6.99. The van der Waals surface area contributed by atoms with Crippen LogP contribution in [-0.4, -0.2) is 32.4 Å². The Labute approximate surface area is 174 Å². The summed E-state index contributed by atoms with van der Waals surface area (Å²) in [5.74, 6) is 0.116. The van der Waals surface area contributed by atoms with Crippen LogP contribution in [0.1, 0.15) is 6.42 Å². The lowest BCUT2D eigenvalue weighted by Crippen LogP contribution is -2.27. The maximum atomic E-state index is 12.2. The van der Waals surface area contributed by atoms with E-state index in [9.17, 15) is 13.2 Å². The predicted octanol–water partition coefficient (Wildman–Crippen LogP) is 4.57. The van der Waals surface area contributed by atoms with E-state index < -0.39 is 9.84 Å². The van der Waals surface area contributed by atoms with Crippen LogP contribution in [-0.2, 0) is 14.6 Å². The molecule has 3 aromatic rings. The fraction of sp³-hybridized carbons (Fsp3) is 0.190. The van der Waals surface area contributed by atoms with Gasteiger partial charge in [-0.2, -0.15) is 0 Å². The number of hydrogen-bond acceptors (Lipinski definition) is 4. The molecule has 1 N–H and O–H groups in total. The number of halogens is 1. The zero-order chi connectivity index (χ0) is 20.0. The van der Waals surface area contributed by atoms with Gasteiger partial charge in [0.15, 0.2) is 9.84 Å². The number of thioether (sulfide) groups is 1. The van der Waals surface area contributed by atoms with Gasteiger partial charge in [0.05, 0.1) is 16.4 Å². The molecule has 0 heterocycles. The molecule has 3 aromatic carbocycles. The normalized spacial score (nSPS) is 11.5. The second kappa shape index (κ2) is 9.45. The topological polar surface area (TPSA) is 63.2 Å². The number of hydrogen-bond donors (Lipinski definition) is 1. The maximum absolute atomic E-state index is 12.2. The number of nitrogens with one attached hydrogen (secondary N) is 1. The zero-order valence-electron chi connectivity index (χ0n) is 15.1. The summed E-state index contributed by atoms with van der Waals surface area (Å²) in [6.07, 6.45) is 0.369. The molecular formula is C21H20ClNO3S2. The molecule has 0 aliphatic carbocycles. The van der Waals surface area contributed by atoms with Crippen molar-refractivity contribution in [1.29, 1.82) is 0 Å². The molecule has 0 unspecified atom stereocenters. The van der Waals surface area contributed by atoms with E-state index in [2.05, 4.69) is 5.32 Å². The van der Waals surface area contributed by atoms with Gasteiger partial charge in [0.2, 0.25) is 5.91 Å². The first-order valence-corrected chi connectivity index (χ1v) is 11.8. The molecule has 1 amide bonds. The molecule has 0 atom stereocenters. The summed E-state index contributed by atoms with van der Waals surface area (Å²) < 4.78 is 24.4. The lowest BCUT2D eigenvalue weighted by Gasteiger charge is -2.09. The van der Waals surface area contributed by atoms with Gasteiger partial charge in [-0.05, 0) is 36.1 Å². The van der Waals surface area contributed by atoms with Crippen LogP contribution < -0.4 is 5.32 Å². The highest BCUT2D eigenvalue weighted by Crippen LogP contribution is 2.33. The molecule has 0 saturated carbocycles. The van der Waals surface area contributed by atoms with Gasteiger partial charge in [0.1, 0.15) is 0 Å². The zero-order valence-corrected chi connectivity index (χ0v) is 17.5. The van der Waals surface area contributed by atoms with Crippen molar-refractivity contribution in [3.63, 3.8) is 0 Å². The fourth-order valence-electron chi connectivity index (χ4n) is 2.81. The van der Waals surface area contributed by atoms with E-state index in [0.717, 1.165) is 15.7 Å². The molecule has 7 heteroatoms. The summed E-state index contributed by atoms with van der Waals surface area (Å²) in [4.78, 5) is 13.4. The van der Waals surface area contributed by atoms with Crippen molar-refractivity contribution in [3.8, 4) is 0 Å². The largest absolute Gasteiger partial charge is 0.355 e. The molecule has 0 radical (unpaired) electrons. The standard InChI is InChI=1S/C21H20ClNO3S2/c22-18-11-4-7-16-8-5-12-19(21(16)18)27-15-20(24)23-13-6-14-28(25,26)17-9-2-1-3-10-17/h1-5,7-12H,6,13-15H2,(H,23,24). The van der Waals surface area contributed by atoms with E-state index in [1.54, 1.807) is 30.3 Å². The Balaban J connectivity index is 1.48. The first-order valence-electron chi connectivity index (χ1n) is 8.82.